The van der Waals surface area contributed by atoms with E-state index in [9.17, 15) is 0 Å². The highest BCUT2D eigenvalue weighted by Gasteiger charge is 2.40. The van der Waals surface area contributed by atoms with Gasteiger partial charge in [0.15, 0.2) is 0 Å². The summed E-state index contributed by atoms with van der Waals surface area (Å²) in [6.45, 7) is 4.30. The Morgan fingerprint density at radius 2 is 1.74 bits per heavy atom. The third-order valence-electron chi connectivity index (χ3n) is 5.90. The quantitative estimate of drug-likeness (QED) is 0.424. The summed E-state index contributed by atoms with van der Waals surface area (Å²) in [5.41, 5.74) is 4.19. The van der Waals surface area contributed by atoms with Crippen LogP contribution in [0.15, 0.2) is 63.4 Å². The first kappa shape index (κ1) is 16.2. The van der Waals surface area contributed by atoms with Crippen LogP contribution in [0.25, 0.3) is 22.3 Å². The number of methoxy groups -OCH3 is 1. The van der Waals surface area contributed by atoms with E-state index in [0.29, 0.717) is 0 Å². The minimum atomic E-state index is -0.220. The Morgan fingerprint density at radius 3 is 2.59 bits per heavy atom. The van der Waals surface area contributed by atoms with Crippen LogP contribution in [0.1, 0.15) is 36.0 Å². The topological polar surface area (TPSA) is 35.5 Å². The van der Waals surface area contributed by atoms with Crippen LogP contribution in [0, 0.1) is 6.92 Å². The largest absolute Gasteiger partial charge is 0.496 e. The predicted octanol–water partition coefficient (Wildman–Crippen LogP) is 6.26. The van der Waals surface area contributed by atoms with Crippen molar-refractivity contribution >= 4 is 11.0 Å². The molecule has 4 aromatic rings. The molecule has 27 heavy (non-hydrogen) atoms. The molecule has 0 spiro atoms. The van der Waals surface area contributed by atoms with E-state index in [4.69, 9.17) is 13.6 Å². The summed E-state index contributed by atoms with van der Waals surface area (Å²) < 4.78 is 18.2. The number of para-hydroxylation sites is 2. The second-order valence-corrected chi connectivity index (χ2v) is 7.53. The molecule has 0 radical (unpaired) electrons. The fourth-order valence-corrected chi connectivity index (χ4v) is 4.51. The van der Waals surface area contributed by atoms with Gasteiger partial charge in [0.2, 0.25) is 0 Å². The first-order valence-corrected chi connectivity index (χ1v) is 9.37. The standard InChI is InChI=1S/C24H22O3/c1-15-14-18-23(26-15)22-16-8-4-6-10-19(16)27-21(22)12-13-24(18,2)17-9-5-7-11-20(17)25-3/h4-11,14H,12-13H2,1-3H3/t24-/m1/s1. The molecular formula is C24H22O3. The minimum absolute atomic E-state index is 0.220. The van der Waals surface area contributed by atoms with Gasteiger partial charge in [-0.15, -0.1) is 0 Å². The van der Waals surface area contributed by atoms with Crippen LogP contribution < -0.4 is 4.74 Å². The molecule has 2 aromatic heterocycles. The molecule has 3 heteroatoms. The minimum Gasteiger partial charge on any atom is -0.496 e. The third kappa shape index (κ3) is 2.27. The Labute approximate surface area is 158 Å². The lowest BCUT2D eigenvalue weighted by Gasteiger charge is -2.30. The molecule has 1 aliphatic carbocycles. The van der Waals surface area contributed by atoms with Crippen LogP contribution in [0.3, 0.4) is 0 Å². The zero-order chi connectivity index (χ0) is 18.6. The highest BCUT2D eigenvalue weighted by Crippen LogP contribution is 2.51. The molecular weight excluding hydrogens is 336 g/mol. The summed E-state index contributed by atoms with van der Waals surface area (Å²) in [4.78, 5) is 0. The smallest absolute Gasteiger partial charge is 0.142 e. The van der Waals surface area contributed by atoms with E-state index >= 15 is 0 Å². The second-order valence-electron chi connectivity index (χ2n) is 7.53. The lowest BCUT2D eigenvalue weighted by atomic mass is 9.73. The van der Waals surface area contributed by atoms with Crippen molar-refractivity contribution in [1.29, 1.82) is 0 Å². The Kier molecular flexibility index (Phi) is 3.48. The molecule has 0 fully saturated rings. The van der Waals surface area contributed by atoms with Crippen molar-refractivity contribution in [3.63, 3.8) is 0 Å². The van der Waals surface area contributed by atoms with E-state index in [-0.39, 0.29) is 5.41 Å². The highest BCUT2D eigenvalue weighted by atomic mass is 16.5. The lowest BCUT2D eigenvalue weighted by molar-refractivity contribution is 0.390. The summed E-state index contributed by atoms with van der Waals surface area (Å²) in [7, 11) is 1.73. The average Bonchev–Trinajstić information content (AvgIpc) is 3.23. The number of hydrogen-bond donors (Lipinski definition) is 0. The van der Waals surface area contributed by atoms with Gasteiger partial charge in [-0.05, 0) is 31.5 Å². The Balaban J connectivity index is 1.81. The van der Waals surface area contributed by atoms with Crippen molar-refractivity contribution < 1.29 is 13.6 Å². The zero-order valence-corrected chi connectivity index (χ0v) is 15.8. The zero-order valence-electron chi connectivity index (χ0n) is 15.8. The maximum atomic E-state index is 6.27. The predicted molar refractivity (Wildman–Crippen MR) is 106 cm³/mol. The van der Waals surface area contributed by atoms with E-state index in [1.54, 1.807) is 7.11 Å². The SMILES string of the molecule is COc1ccccc1[C@@]1(C)CCc2oc3ccccc3c2-c2oc(C)cc21. The van der Waals surface area contributed by atoms with Crippen molar-refractivity contribution in [2.75, 3.05) is 7.11 Å². The molecule has 0 N–H and O–H groups in total. The lowest BCUT2D eigenvalue weighted by Crippen LogP contribution is -2.24. The van der Waals surface area contributed by atoms with Crippen LogP contribution in [-0.4, -0.2) is 7.11 Å². The Hall–Kier alpha value is -2.94. The third-order valence-corrected chi connectivity index (χ3v) is 5.90. The van der Waals surface area contributed by atoms with Gasteiger partial charge in [-0.25, -0.2) is 0 Å². The van der Waals surface area contributed by atoms with E-state index in [0.717, 1.165) is 52.4 Å². The molecule has 0 saturated heterocycles. The highest BCUT2D eigenvalue weighted by molar-refractivity contribution is 5.95. The number of ether oxygens (including phenoxy) is 1. The molecule has 136 valence electrons. The van der Waals surface area contributed by atoms with E-state index in [1.807, 2.05) is 31.2 Å². The first-order valence-electron chi connectivity index (χ1n) is 9.37. The molecule has 2 aromatic carbocycles. The number of aryl methyl sites for hydroxylation is 2. The molecule has 0 aliphatic heterocycles. The van der Waals surface area contributed by atoms with Gasteiger partial charge in [0.25, 0.3) is 0 Å². The molecule has 1 aliphatic rings. The van der Waals surface area contributed by atoms with Crippen LogP contribution in [0.5, 0.6) is 5.75 Å². The molecule has 2 heterocycles. The molecule has 0 bridgehead atoms. The van der Waals surface area contributed by atoms with Gasteiger partial charge in [-0.3, -0.25) is 0 Å². The van der Waals surface area contributed by atoms with Crippen LogP contribution in [-0.2, 0) is 11.8 Å². The summed E-state index contributed by atoms with van der Waals surface area (Å²) >= 11 is 0. The van der Waals surface area contributed by atoms with Gasteiger partial charge in [0.05, 0.1) is 12.7 Å². The van der Waals surface area contributed by atoms with Crippen LogP contribution >= 0.6 is 0 Å². The maximum Gasteiger partial charge on any atom is 0.142 e. The summed E-state index contributed by atoms with van der Waals surface area (Å²) in [5.74, 6) is 3.76. The van der Waals surface area contributed by atoms with Crippen molar-refractivity contribution in [3.05, 3.63) is 77.2 Å². The van der Waals surface area contributed by atoms with Crippen molar-refractivity contribution in [2.24, 2.45) is 0 Å². The molecule has 1 atom stereocenters. The molecule has 3 nitrogen and oxygen atoms in total. The normalized spacial score (nSPS) is 18.8. The van der Waals surface area contributed by atoms with Crippen molar-refractivity contribution in [2.45, 2.75) is 32.1 Å². The average molecular weight is 358 g/mol. The van der Waals surface area contributed by atoms with E-state index < -0.39 is 0 Å². The van der Waals surface area contributed by atoms with Crippen LogP contribution in [0.2, 0.25) is 0 Å². The number of fused-ring (bicyclic) bond motifs is 5. The van der Waals surface area contributed by atoms with Gasteiger partial charge >= 0.3 is 0 Å². The molecule has 0 saturated carbocycles. The number of furan rings is 2. The molecule has 5 rings (SSSR count). The monoisotopic (exact) mass is 358 g/mol. The number of hydrogen-bond acceptors (Lipinski definition) is 3. The fraction of sp³-hybridized carbons (Fsp3) is 0.250. The summed E-state index contributed by atoms with van der Waals surface area (Å²) in [5, 5.41) is 1.12. The van der Waals surface area contributed by atoms with E-state index in [1.165, 1.54) is 11.1 Å². The van der Waals surface area contributed by atoms with Gasteiger partial charge in [-0.2, -0.15) is 0 Å². The Morgan fingerprint density at radius 1 is 0.963 bits per heavy atom. The van der Waals surface area contributed by atoms with Crippen molar-refractivity contribution in [3.8, 4) is 17.1 Å². The molecule has 0 unspecified atom stereocenters. The van der Waals surface area contributed by atoms with Gasteiger partial charge in [0, 0.05) is 28.3 Å². The summed E-state index contributed by atoms with van der Waals surface area (Å²) in [6.07, 6.45) is 1.77. The fourth-order valence-electron chi connectivity index (χ4n) is 4.51. The van der Waals surface area contributed by atoms with Gasteiger partial charge < -0.3 is 13.6 Å². The maximum absolute atomic E-state index is 6.27. The second kappa shape index (κ2) is 5.78. The van der Waals surface area contributed by atoms with Gasteiger partial charge in [-0.1, -0.05) is 43.3 Å². The molecule has 0 amide bonds. The van der Waals surface area contributed by atoms with E-state index in [2.05, 4.69) is 37.3 Å². The first-order chi connectivity index (χ1) is 13.1. The summed E-state index contributed by atoms with van der Waals surface area (Å²) in [6, 6.07) is 18.7. The Bertz CT molecular complexity index is 1150. The van der Waals surface area contributed by atoms with Gasteiger partial charge in [0.1, 0.15) is 28.6 Å². The number of benzene rings is 2. The van der Waals surface area contributed by atoms with Crippen molar-refractivity contribution in [1.82, 2.24) is 0 Å². The number of rotatable bonds is 2. The van der Waals surface area contributed by atoms with Crippen LogP contribution in [0.4, 0.5) is 0 Å².